The molecule has 0 aliphatic carbocycles. The zero-order valence-corrected chi connectivity index (χ0v) is 14.7. The Balaban J connectivity index is 2.38. The van der Waals surface area contributed by atoms with Gasteiger partial charge < -0.3 is 5.73 Å². The van der Waals surface area contributed by atoms with Crippen molar-refractivity contribution in [3.63, 3.8) is 0 Å². The highest BCUT2D eigenvalue weighted by Crippen LogP contribution is 2.26. The van der Waals surface area contributed by atoms with Crippen molar-refractivity contribution in [1.82, 2.24) is 14.1 Å². The average molecular weight is 360 g/mol. The summed E-state index contributed by atoms with van der Waals surface area (Å²) < 4.78 is 27.8. The van der Waals surface area contributed by atoms with Crippen LogP contribution in [0.25, 0.3) is 11.0 Å². The minimum absolute atomic E-state index is 0.00415. The number of benzene rings is 1. The highest BCUT2D eigenvalue weighted by atomic mass is 32.2. The molecule has 0 aliphatic heterocycles. The Morgan fingerprint density at radius 2 is 1.64 bits per heavy atom. The van der Waals surface area contributed by atoms with E-state index < -0.39 is 21.1 Å². The van der Waals surface area contributed by atoms with E-state index in [0.717, 1.165) is 14.7 Å². The molecular formula is C16H16N4O4S. The minimum Gasteiger partial charge on any atom is -0.383 e. The maximum Gasteiger partial charge on any atom is 0.332 e. The van der Waals surface area contributed by atoms with Gasteiger partial charge in [0.1, 0.15) is 10.7 Å². The summed E-state index contributed by atoms with van der Waals surface area (Å²) in [4.78, 5) is 28.1. The quantitative estimate of drug-likeness (QED) is 0.705. The number of anilines is 1. The lowest BCUT2D eigenvalue weighted by molar-refractivity contribution is 0.596. The maximum absolute atomic E-state index is 12.9. The number of fused-ring (bicyclic) bond motifs is 1. The van der Waals surface area contributed by atoms with Gasteiger partial charge in [-0.1, -0.05) is 17.7 Å². The lowest BCUT2D eigenvalue weighted by atomic mass is 10.2. The number of nitrogen functional groups attached to an aromatic ring is 1. The Bertz CT molecular complexity index is 1220. The summed E-state index contributed by atoms with van der Waals surface area (Å²) in [5.74, 6) is -0.267. The molecule has 130 valence electrons. The van der Waals surface area contributed by atoms with Crippen LogP contribution in [0.2, 0.25) is 0 Å². The summed E-state index contributed by atoms with van der Waals surface area (Å²) in [6, 6.07) is 7.44. The van der Waals surface area contributed by atoms with Crippen LogP contribution in [0.1, 0.15) is 5.56 Å². The molecule has 0 spiro atoms. The van der Waals surface area contributed by atoms with E-state index >= 15 is 0 Å². The molecule has 0 unspecified atom stereocenters. The number of rotatable bonds is 2. The number of sulfone groups is 1. The van der Waals surface area contributed by atoms with Crippen LogP contribution >= 0.6 is 0 Å². The molecule has 0 amide bonds. The van der Waals surface area contributed by atoms with Crippen molar-refractivity contribution in [3.8, 4) is 0 Å². The molecule has 9 heteroatoms. The van der Waals surface area contributed by atoms with Crippen molar-refractivity contribution < 1.29 is 8.42 Å². The number of nitrogens with two attached hydrogens (primary N) is 1. The van der Waals surface area contributed by atoms with Crippen molar-refractivity contribution in [1.29, 1.82) is 0 Å². The first-order chi connectivity index (χ1) is 11.6. The maximum atomic E-state index is 12.9. The second-order valence-electron chi connectivity index (χ2n) is 5.77. The first-order valence-corrected chi connectivity index (χ1v) is 8.81. The van der Waals surface area contributed by atoms with Crippen molar-refractivity contribution in [3.05, 3.63) is 56.7 Å². The van der Waals surface area contributed by atoms with Gasteiger partial charge in [-0.05, 0) is 25.1 Å². The second-order valence-corrected chi connectivity index (χ2v) is 7.68. The lowest BCUT2D eigenvalue weighted by Crippen LogP contribution is -2.37. The Kier molecular flexibility index (Phi) is 3.76. The number of aryl methyl sites for hydroxylation is 2. The first kappa shape index (κ1) is 16.9. The average Bonchev–Trinajstić information content (AvgIpc) is 2.58. The normalized spacial score (nSPS) is 11.8. The number of aromatic nitrogens is 3. The second kappa shape index (κ2) is 5.55. The molecule has 0 fully saturated rings. The molecule has 0 atom stereocenters. The SMILES string of the molecule is Cc1ccc(S(=O)(=O)c2cc3c(=O)n(C)c(=O)n(C)c3nc2N)cc1. The zero-order chi connectivity index (χ0) is 18.5. The van der Waals surface area contributed by atoms with Gasteiger partial charge in [0.2, 0.25) is 9.84 Å². The largest absolute Gasteiger partial charge is 0.383 e. The van der Waals surface area contributed by atoms with Gasteiger partial charge in [-0.25, -0.2) is 18.2 Å². The molecule has 0 saturated carbocycles. The lowest BCUT2D eigenvalue weighted by Gasteiger charge is -2.11. The molecular weight excluding hydrogens is 344 g/mol. The molecule has 2 heterocycles. The van der Waals surface area contributed by atoms with Crippen LogP contribution in [0.5, 0.6) is 0 Å². The van der Waals surface area contributed by atoms with E-state index in [9.17, 15) is 18.0 Å². The molecule has 0 saturated heterocycles. The third-order valence-electron chi connectivity index (χ3n) is 4.04. The summed E-state index contributed by atoms with van der Waals surface area (Å²) in [6.07, 6.45) is 0. The zero-order valence-electron chi connectivity index (χ0n) is 13.8. The van der Waals surface area contributed by atoms with Gasteiger partial charge >= 0.3 is 5.69 Å². The Labute approximate surface area is 143 Å². The molecule has 2 aromatic heterocycles. The fraction of sp³-hybridized carbons (Fsp3) is 0.188. The number of hydrogen-bond acceptors (Lipinski definition) is 6. The van der Waals surface area contributed by atoms with Crippen LogP contribution in [-0.2, 0) is 23.9 Å². The molecule has 3 rings (SSSR count). The molecule has 0 aliphatic rings. The van der Waals surface area contributed by atoms with Crippen molar-refractivity contribution in [2.45, 2.75) is 16.7 Å². The van der Waals surface area contributed by atoms with Gasteiger partial charge in [-0.15, -0.1) is 0 Å². The van der Waals surface area contributed by atoms with E-state index in [0.29, 0.717) is 0 Å². The fourth-order valence-corrected chi connectivity index (χ4v) is 3.90. The third kappa shape index (κ3) is 2.52. The van der Waals surface area contributed by atoms with E-state index in [1.807, 2.05) is 6.92 Å². The van der Waals surface area contributed by atoms with Crippen LogP contribution in [-0.4, -0.2) is 22.5 Å². The summed E-state index contributed by atoms with van der Waals surface area (Å²) >= 11 is 0. The van der Waals surface area contributed by atoms with E-state index in [2.05, 4.69) is 4.98 Å². The number of pyridine rings is 1. The summed E-state index contributed by atoms with van der Waals surface area (Å²) in [5, 5.41) is 0.00415. The summed E-state index contributed by atoms with van der Waals surface area (Å²) in [6.45, 7) is 1.84. The summed E-state index contributed by atoms with van der Waals surface area (Å²) in [5.41, 5.74) is 5.57. The Morgan fingerprint density at radius 1 is 1.04 bits per heavy atom. The first-order valence-electron chi connectivity index (χ1n) is 7.32. The van der Waals surface area contributed by atoms with Gasteiger partial charge in [0.15, 0.2) is 5.65 Å². The van der Waals surface area contributed by atoms with Crippen molar-refractivity contribution in [2.75, 3.05) is 5.73 Å². The topological polar surface area (TPSA) is 117 Å². The van der Waals surface area contributed by atoms with E-state index in [1.54, 1.807) is 12.1 Å². The van der Waals surface area contributed by atoms with Crippen LogP contribution in [0.15, 0.2) is 49.7 Å². The minimum atomic E-state index is -3.95. The fourth-order valence-electron chi connectivity index (χ4n) is 2.55. The van der Waals surface area contributed by atoms with E-state index in [4.69, 9.17) is 5.73 Å². The van der Waals surface area contributed by atoms with Crippen molar-refractivity contribution >= 4 is 26.7 Å². The predicted molar refractivity (Wildman–Crippen MR) is 93.3 cm³/mol. The number of hydrogen-bond donors (Lipinski definition) is 1. The predicted octanol–water partition coefficient (Wildman–Crippen LogP) is 0.356. The van der Waals surface area contributed by atoms with Crippen LogP contribution in [0, 0.1) is 6.92 Å². The van der Waals surface area contributed by atoms with Gasteiger partial charge in [0, 0.05) is 14.1 Å². The molecule has 2 N–H and O–H groups in total. The van der Waals surface area contributed by atoms with E-state index in [-0.39, 0.29) is 26.6 Å². The molecule has 3 aromatic rings. The summed E-state index contributed by atoms with van der Waals surface area (Å²) in [7, 11) is -1.20. The van der Waals surface area contributed by atoms with Gasteiger partial charge in [-0.3, -0.25) is 13.9 Å². The number of nitrogens with zero attached hydrogens (tertiary/aromatic N) is 3. The molecule has 0 bridgehead atoms. The van der Waals surface area contributed by atoms with Gasteiger partial charge in [0.05, 0.1) is 10.3 Å². The standard InChI is InChI=1S/C16H16N4O4S/c1-9-4-6-10(7-5-9)25(23,24)12-8-11-14(18-13(12)17)19(2)16(22)20(3)15(11)21/h4-8H,1-3H3,(H2,17,18). The van der Waals surface area contributed by atoms with Gasteiger partial charge in [0.25, 0.3) is 5.56 Å². The highest BCUT2D eigenvalue weighted by molar-refractivity contribution is 7.91. The molecule has 8 nitrogen and oxygen atoms in total. The van der Waals surface area contributed by atoms with Gasteiger partial charge in [-0.2, -0.15) is 0 Å². The molecule has 25 heavy (non-hydrogen) atoms. The Morgan fingerprint density at radius 3 is 2.24 bits per heavy atom. The van der Waals surface area contributed by atoms with E-state index in [1.165, 1.54) is 32.3 Å². The third-order valence-corrected chi connectivity index (χ3v) is 5.84. The molecule has 0 radical (unpaired) electrons. The monoisotopic (exact) mass is 360 g/mol. The Hall–Kier alpha value is -2.94. The van der Waals surface area contributed by atoms with Crippen LogP contribution in [0.4, 0.5) is 5.82 Å². The van der Waals surface area contributed by atoms with Crippen molar-refractivity contribution in [2.24, 2.45) is 14.1 Å². The highest BCUT2D eigenvalue weighted by Gasteiger charge is 2.24. The smallest absolute Gasteiger partial charge is 0.332 e. The van der Waals surface area contributed by atoms with Crippen LogP contribution < -0.4 is 17.0 Å². The molecule has 1 aromatic carbocycles. The van der Waals surface area contributed by atoms with Crippen LogP contribution in [0.3, 0.4) is 0 Å².